The Kier molecular flexibility index (Phi) is 3.86. The van der Waals surface area contributed by atoms with Crippen molar-refractivity contribution >= 4 is 32.3 Å². The molecule has 21 heavy (non-hydrogen) atoms. The van der Waals surface area contributed by atoms with Crippen molar-refractivity contribution in [3.8, 4) is 0 Å². The molecule has 2 aromatic rings. The predicted octanol–water partition coefficient (Wildman–Crippen LogP) is 2.15. The Bertz CT molecular complexity index is 771. The van der Waals surface area contributed by atoms with Gasteiger partial charge in [-0.05, 0) is 45.1 Å². The van der Waals surface area contributed by atoms with Gasteiger partial charge in [0.2, 0.25) is 0 Å². The van der Waals surface area contributed by atoms with Crippen molar-refractivity contribution in [2.24, 2.45) is 0 Å². The molecule has 2 aromatic heterocycles. The van der Waals surface area contributed by atoms with Gasteiger partial charge in [-0.1, -0.05) is 11.6 Å². The topological polar surface area (TPSA) is 63.2 Å². The van der Waals surface area contributed by atoms with E-state index in [2.05, 4.69) is 14.9 Å². The van der Waals surface area contributed by atoms with Gasteiger partial charge in [-0.3, -0.25) is 0 Å². The molecule has 112 valence electrons. The Balaban J connectivity index is 1.98. The maximum atomic E-state index is 12.7. The summed E-state index contributed by atoms with van der Waals surface area (Å²) in [6.45, 7) is 1.60. The maximum absolute atomic E-state index is 12.7. The van der Waals surface area contributed by atoms with Crippen LogP contribution in [0.1, 0.15) is 12.8 Å². The molecule has 7 heteroatoms. The van der Waals surface area contributed by atoms with Gasteiger partial charge in [0.05, 0.1) is 10.8 Å². The van der Waals surface area contributed by atoms with Gasteiger partial charge in [-0.25, -0.2) is 18.4 Å². The normalized spacial score (nSPS) is 18.2. The third-order valence-corrected chi connectivity index (χ3v) is 6.28. The van der Waals surface area contributed by atoms with E-state index in [1.165, 1.54) is 0 Å². The molecule has 1 fully saturated rings. The van der Waals surface area contributed by atoms with Crippen LogP contribution in [0.5, 0.6) is 0 Å². The molecule has 0 aliphatic carbocycles. The minimum Gasteiger partial charge on any atom is -0.306 e. The third kappa shape index (κ3) is 2.88. The second-order valence-electron chi connectivity index (χ2n) is 5.40. The zero-order chi connectivity index (χ0) is 15.0. The Morgan fingerprint density at radius 3 is 2.71 bits per heavy atom. The quantitative estimate of drug-likeness (QED) is 0.792. The highest BCUT2D eigenvalue weighted by atomic mass is 35.5. The second-order valence-corrected chi connectivity index (χ2v) is 7.96. The van der Waals surface area contributed by atoms with E-state index in [1.807, 2.05) is 7.05 Å². The summed E-state index contributed by atoms with van der Waals surface area (Å²) in [5, 5.41) is 0.869. The first kappa shape index (κ1) is 14.7. The molecule has 0 amide bonds. The number of hydrogen-bond donors (Lipinski definition) is 0. The Labute approximate surface area is 128 Å². The van der Waals surface area contributed by atoms with Crippen LogP contribution < -0.4 is 0 Å². The van der Waals surface area contributed by atoms with Crippen molar-refractivity contribution < 1.29 is 8.42 Å². The van der Waals surface area contributed by atoms with Crippen molar-refractivity contribution in [1.82, 2.24) is 14.9 Å². The van der Waals surface area contributed by atoms with E-state index in [0.29, 0.717) is 23.5 Å². The fraction of sp³-hybridized carbons (Fsp3) is 0.429. The van der Waals surface area contributed by atoms with Gasteiger partial charge in [0, 0.05) is 17.6 Å². The lowest BCUT2D eigenvalue weighted by Crippen LogP contribution is -2.37. The number of aromatic nitrogens is 2. The summed E-state index contributed by atoms with van der Waals surface area (Å²) in [6.07, 6.45) is 2.89. The summed E-state index contributed by atoms with van der Waals surface area (Å²) >= 11 is 5.84. The monoisotopic (exact) mass is 325 g/mol. The van der Waals surface area contributed by atoms with Crippen molar-refractivity contribution in [1.29, 1.82) is 0 Å². The van der Waals surface area contributed by atoms with E-state index >= 15 is 0 Å². The minimum absolute atomic E-state index is 0.131. The van der Waals surface area contributed by atoms with E-state index in [0.717, 1.165) is 18.5 Å². The minimum atomic E-state index is -3.39. The summed E-state index contributed by atoms with van der Waals surface area (Å²) in [5.41, 5.74) is 0.559. The number of fused-ring (bicyclic) bond motifs is 1. The summed E-state index contributed by atoms with van der Waals surface area (Å²) in [7, 11) is -1.38. The fourth-order valence-electron chi connectivity index (χ4n) is 2.60. The number of rotatable bonds is 2. The molecule has 1 aliphatic heterocycles. The van der Waals surface area contributed by atoms with Gasteiger partial charge in [0.1, 0.15) is 5.15 Å². The number of pyridine rings is 2. The molecular formula is C14H16ClN3O2S. The highest BCUT2D eigenvalue weighted by Gasteiger charge is 2.31. The molecular weight excluding hydrogens is 310 g/mol. The number of hydrogen-bond acceptors (Lipinski definition) is 5. The van der Waals surface area contributed by atoms with Gasteiger partial charge >= 0.3 is 0 Å². The standard InChI is InChI=1S/C14H16ClN3O2S/c1-18-6-4-11(5-7-18)21(19,20)14-3-2-10-9-16-13(15)8-12(10)17-14/h2-3,8-9,11H,4-7H2,1H3. The van der Waals surface area contributed by atoms with E-state index in [9.17, 15) is 8.42 Å². The zero-order valence-electron chi connectivity index (χ0n) is 11.7. The van der Waals surface area contributed by atoms with Crippen molar-refractivity contribution in [3.05, 3.63) is 29.5 Å². The van der Waals surface area contributed by atoms with E-state index in [4.69, 9.17) is 11.6 Å². The highest BCUT2D eigenvalue weighted by molar-refractivity contribution is 7.92. The lowest BCUT2D eigenvalue weighted by Gasteiger charge is -2.28. The van der Waals surface area contributed by atoms with Gasteiger partial charge in [-0.2, -0.15) is 0 Å². The maximum Gasteiger partial charge on any atom is 0.198 e. The van der Waals surface area contributed by atoms with Gasteiger partial charge in [-0.15, -0.1) is 0 Å². The summed E-state index contributed by atoms with van der Waals surface area (Å²) in [4.78, 5) is 10.4. The van der Waals surface area contributed by atoms with E-state index in [1.54, 1.807) is 24.4 Å². The summed E-state index contributed by atoms with van der Waals surface area (Å²) in [6, 6.07) is 4.88. The Morgan fingerprint density at radius 2 is 2.00 bits per heavy atom. The van der Waals surface area contributed by atoms with Crippen molar-refractivity contribution in [2.75, 3.05) is 20.1 Å². The van der Waals surface area contributed by atoms with Crippen LogP contribution in [0, 0.1) is 0 Å². The van der Waals surface area contributed by atoms with Crippen LogP contribution in [0.25, 0.3) is 10.9 Å². The first-order valence-electron chi connectivity index (χ1n) is 6.81. The smallest absolute Gasteiger partial charge is 0.198 e. The molecule has 5 nitrogen and oxygen atoms in total. The van der Waals surface area contributed by atoms with Crippen LogP contribution in [0.15, 0.2) is 29.4 Å². The summed E-state index contributed by atoms with van der Waals surface area (Å²) in [5.74, 6) is 0. The first-order chi connectivity index (χ1) is 9.96. The number of likely N-dealkylation sites (tertiary alicyclic amines) is 1. The molecule has 3 rings (SSSR count). The van der Waals surface area contributed by atoms with Crippen LogP contribution >= 0.6 is 11.6 Å². The molecule has 0 saturated carbocycles. The lowest BCUT2D eigenvalue weighted by molar-refractivity contribution is 0.277. The number of halogens is 1. The molecule has 0 spiro atoms. The Morgan fingerprint density at radius 1 is 1.29 bits per heavy atom. The SMILES string of the molecule is CN1CCC(S(=O)(=O)c2ccc3cnc(Cl)cc3n2)CC1. The first-order valence-corrected chi connectivity index (χ1v) is 8.74. The van der Waals surface area contributed by atoms with Crippen LogP contribution in [0.2, 0.25) is 5.15 Å². The molecule has 0 aromatic carbocycles. The fourth-order valence-corrected chi connectivity index (χ4v) is 4.41. The second kappa shape index (κ2) is 5.51. The largest absolute Gasteiger partial charge is 0.306 e. The number of piperidine rings is 1. The zero-order valence-corrected chi connectivity index (χ0v) is 13.2. The van der Waals surface area contributed by atoms with E-state index in [-0.39, 0.29) is 10.3 Å². The number of sulfone groups is 1. The van der Waals surface area contributed by atoms with Gasteiger partial charge < -0.3 is 4.90 Å². The van der Waals surface area contributed by atoms with Gasteiger partial charge in [0.15, 0.2) is 14.9 Å². The van der Waals surface area contributed by atoms with Crippen LogP contribution in [-0.4, -0.2) is 48.7 Å². The van der Waals surface area contributed by atoms with Gasteiger partial charge in [0.25, 0.3) is 0 Å². The van der Waals surface area contributed by atoms with Crippen molar-refractivity contribution in [2.45, 2.75) is 23.1 Å². The molecule has 0 radical (unpaired) electrons. The lowest BCUT2D eigenvalue weighted by atomic mass is 10.1. The third-order valence-electron chi connectivity index (χ3n) is 3.91. The molecule has 0 N–H and O–H groups in total. The molecule has 0 unspecified atom stereocenters. The molecule has 1 saturated heterocycles. The van der Waals surface area contributed by atoms with Crippen LogP contribution in [-0.2, 0) is 9.84 Å². The van der Waals surface area contributed by atoms with E-state index < -0.39 is 9.84 Å². The molecule has 0 atom stereocenters. The average Bonchev–Trinajstić information content (AvgIpc) is 2.47. The Hall–Kier alpha value is -1.24. The molecule has 1 aliphatic rings. The molecule has 3 heterocycles. The predicted molar refractivity (Wildman–Crippen MR) is 82.3 cm³/mol. The highest BCUT2D eigenvalue weighted by Crippen LogP contribution is 2.25. The van der Waals surface area contributed by atoms with Crippen LogP contribution in [0.4, 0.5) is 0 Å². The van der Waals surface area contributed by atoms with Crippen molar-refractivity contribution in [3.63, 3.8) is 0 Å². The van der Waals surface area contributed by atoms with Crippen LogP contribution in [0.3, 0.4) is 0 Å². The molecule has 0 bridgehead atoms. The average molecular weight is 326 g/mol. The number of nitrogens with zero attached hydrogens (tertiary/aromatic N) is 3. The summed E-state index contributed by atoms with van der Waals surface area (Å²) < 4.78 is 25.4.